The zero-order valence-electron chi connectivity index (χ0n) is 15.4. The van der Waals surface area contributed by atoms with Crippen LogP contribution in [0, 0.1) is 13.8 Å². The molecule has 130 valence electrons. The summed E-state index contributed by atoms with van der Waals surface area (Å²) in [5, 5.41) is 2.85. The molecule has 0 radical (unpaired) electrons. The summed E-state index contributed by atoms with van der Waals surface area (Å²) in [4.78, 5) is 0. The maximum atomic E-state index is 2.40. The van der Waals surface area contributed by atoms with E-state index in [0.717, 1.165) is 0 Å². The van der Waals surface area contributed by atoms with E-state index in [4.69, 9.17) is 0 Å². The fourth-order valence-electron chi connectivity index (χ4n) is 3.29. The molecule has 0 aromatic heterocycles. The number of rotatable bonds is 2. The molecule has 0 bridgehead atoms. The van der Waals surface area contributed by atoms with Crippen LogP contribution in [0.15, 0.2) is 30.3 Å². The third-order valence-corrected chi connectivity index (χ3v) is 4.73. The summed E-state index contributed by atoms with van der Waals surface area (Å²) in [5.74, 6) is 1.15. The molecule has 0 spiro atoms. The molecule has 0 nitrogen and oxygen atoms in total. The first-order valence-corrected chi connectivity index (χ1v) is 8.02. The molecule has 2 aliphatic rings. The van der Waals surface area contributed by atoms with Crippen molar-refractivity contribution in [1.29, 1.82) is 0 Å². The smallest absolute Gasteiger partial charge is 0 e. The van der Waals surface area contributed by atoms with Crippen molar-refractivity contribution >= 4 is 35.6 Å². The summed E-state index contributed by atoms with van der Waals surface area (Å²) in [6.45, 7) is 13.6. The Bertz CT molecular complexity index is 784. The van der Waals surface area contributed by atoms with Gasteiger partial charge in [-0.2, -0.15) is 0 Å². The molecule has 0 fully saturated rings. The molecule has 24 heavy (non-hydrogen) atoms. The second-order valence-corrected chi connectivity index (χ2v) is 7.05. The first kappa shape index (κ1) is 23.8. The van der Waals surface area contributed by atoms with E-state index in [1.165, 1.54) is 44.2 Å². The molecule has 1 aromatic carbocycles. The second kappa shape index (κ2) is 8.93. The van der Waals surface area contributed by atoms with Gasteiger partial charge in [0.05, 0.1) is 0 Å². The van der Waals surface area contributed by atoms with Gasteiger partial charge in [0, 0.05) is 26.2 Å². The average Bonchev–Trinajstić information content (AvgIpc) is 2.78. The van der Waals surface area contributed by atoms with Crippen LogP contribution < -0.4 is 0 Å². The van der Waals surface area contributed by atoms with Gasteiger partial charge in [0.2, 0.25) is 0 Å². The number of halogens is 2. The molecule has 0 amide bonds. The Kier molecular flexibility index (Phi) is 8.84. The molecule has 3 rings (SSSR count). The van der Waals surface area contributed by atoms with Crippen LogP contribution in [0.3, 0.4) is 0 Å². The first-order valence-electron chi connectivity index (χ1n) is 8.02. The quantitative estimate of drug-likeness (QED) is 0.364. The van der Waals surface area contributed by atoms with Gasteiger partial charge in [-0.15, -0.1) is 65.3 Å². The van der Waals surface area contributed by atoms with Crippen molar-refractivity contribution in [3.8, 4) is 11.1 Å². The zero-order valence-corrected chi connectivity index (χ0v) is 19.4. The van der Waals surface area contributed by atoms with Gasteiger partial charge >= 0.3 is 0 Å². The average molecular weight is 442 g/mol. The van der Waals surface area contributed by atoms with Gasteiger partial charge in [0.15, 0.2) is 0 Å². The van der Waals surface area contributed by atoms with Crippen LogP contribution in [0.5, 0.6) is 0 Å². The predicted molar refractivity (Wildman–Crippen MR) is 108 cm³/mol. The molecule has 2 aliphatic carbocycles. The maximum absolute atomic E-state index is 2.40. The Morgan fingerprint density at radius 2 is 1.38 bits per heavy atom. The summed E-state index contributed by atoms with van der Waals surface area (Å²) >= 11 is 0. The van der Waals surface area contributed by atoms with Crippen molar-refractivity contribution in [1.82, 2.24) is 0 Å². The Labute approximate surface area is 178 Å². The minimum Gasteiger partial charge on any atom is -0.147 e. The summed E-state index contributed by atoms with van der Waals surface area (Å²) in [5.41, 5.74) is 8.54. The zero-order chi connectivity index (χ0) is 15.3. The molecular formula is C21H27Cl2Zr-. The topological polar surface area (TPSA) is 0 Å². The summed E-state index contributed by atoms with van der Waals surface area (Å²) < 4.78 is 0. The Morgan fingerprint density at radius 1 is 0.792 bits per heavy atom. The molecule has 0 N–H and O–H groups in total. The van der Waals surface area contributed by atoms with Crippen LogP contribution in [0.25, 0.3) is 21.9 Å². The summed E-state index contributed by atoms with van der Waals surface area (Å²) in [6.07, 6.45) is 0. The fourth-order valence-corrected chi connectivity index (χ4v) is 3.29. The molecule has 0 saturated carbocycles. The largest absolute Gasteiger partial charge is 0.147 e. The normalized spacial score (nSPS) is 10.7. The molecule has 0 aliphatic heterocycles. The Balaban J connectivity index is 0.00000176. The van der Waals surface area contributed by atoms with E-state index in [0.29, 0.717) is 11.8 Å². The van der Waals surface area contributed by atoms with E-state index in [1.54, 1.807) is 0 Å². The van der Waals surface area contributed by atoms with Crippen LogP contribution in [-0.4, -0.2) is 0 Å². The van der Waals surface area contributed by atoms with Crippen molar-refractivity contribution in [2.24, 2.45) is 0 Å². The van der Waals surface area contributed by atoms with Crippen LogP contribution in [0.2, 0.25) is 0 Å². The van der Waals surface area contributed by atoms with Gasteiger partial charge < -0.3 is 0 Å². The monoisotopic (exact) mass is 439 g/mol. The molecular weight excluding hydrogens is 414 g/mol. The number of benzene rings is 2. The van der Waals surface area contributed by atoms with Crippen molar-refractivity contribution in [2.45, 2.75) is 53.4 Å². The SMILES string of the molecule is Cc1cc(C(C)C)cc2c3cc(C(C)C)c[c-](C)c-3cc12.Cl.Cl.[Zr]. The number of aryl methyl sites for hydroxylation is 2. The third kappa shape index (κ3) is 4.12. The van der Waals surface area contributed by atoms with Crippen molar-refractivity contribution < 1.29 is 26.2 Å². The minimum atomic E-state index is 0. The van der Waals surface area contributed by atoms with E-state index in [9.17, 15) is 0 Å². The number of hydrogen-bond donors (Lipinski definition) is 0. The Morgan fingerprint density at radius 3 is 1.92 bits per heavy atom. The standard InChI is InChI=1S/C21H25.2ClH.Zr/c1-12(2)16-7-14(5)18-11-19-15(6)8-17(13(3)4)10-21(19)20(18)9-16;;;/h7-13H,1-6H3;2*1H;/q-1;;;. The van der Waals surface area contributed by atoms with E-state index in [1.807, 2.05) is 0 Å². The van der Waals surface area contributed by atoms with Crippen LogP contribution in [-0.2, 0) is 26.2 Å². The number of fused-ring (bicyclic) bond motifs is 3. The first-order chi connectivity index (χ1) is 9.88. The van der Waals surface area contributed by atoms with Gasteiger partial charge in [0.25, 0.3) is 0 Å². The Hall–Kier alpha value is -0.227. The van der Waals surface area contributed by atoms with Crippen LogP contribution in [0.4, 0.5) is 0 Å². The molecule has 0 atom stereocenters. The fraction of sp³-hybridized carbons (Fsp3) is 0.381. The molecule has 0 unspecified atom stereocenters. The maximum Gasteiger partial charge on any atom is 0 e. The van der Waals surface area contributed by atoms with E-state index in [-0.39, 0.29) is 51.0 Å². The van der Waals surface area contributed by atoms with Gasteiger partial charge in [-0.05, 0) is 18.4 Å². The van der Waals surface area contributed by atoms with Gasteiger partial charge in [0.1, 0.15) is 0 Å². The summed E-state index contributed by atoms with van der Waals surface area (Å²) in [7, 11) is 0. The van der Waals surface area contributed by atoms with E-state index >= 15 is 0 Å². The third-order valence-electron chi connectivity index (χ3n) is 4.73. The van der Waals surface area contributed by atoms with E-state index in [2.05, 4.69) is 71.9 Å². The molecule has 0 heterocycles. The summed E-state index contributed by atoms with van der Waals surface area (Å²) in [6, 6.07) is 11.9. The van der Waals surface area contributed by atoms with Gasteiger partial charge in [-0.25, -0.2) is 0 Å². The molecule has 1 aromatic rings. The molecule has 3 heteroatoms. The predicted octanol–water partition coefficient (Wildman–Crippen LogP) is 7.37. The minimum absolute atomic E-state index is 0. The van der Waals surface area contributed by atoms with Gasteiger partial charge in [-0.3, -0.25) is 0 Å². The van der Waals surface area contributed by atoms with Crippen molar-refractivity contribution in [2.75, 3.05) is 0 Å². The van der Waals surface area contributed by atoms with Crippen LogP contribution in [0.1, 0.15) is 61.8 Å². The molecule has 0 saturated heterocycles. The van der Waals surface area contributed by atoms with Gasteiger partial charge in [-0.1, -0.05) is 69.0 Å². The van der Waals surface area contributed by atoms with E-state index < -0.39 is 0 Å². The number of hydrogen-bond acceptors (Lipinski definition) is 0. The van der Waals surface area contributed by atoms with Crippen molar-refractivity contribution in [3.05, 3.63) is 52.6 Å². The van der Waals surface area contributed by atoms with Crippen LogP contribution >= 0.6 is 24.8 Å². The second-order valence-electron chi connectivity index (χ2n) is 7.05. The van der Waals surface area contributed by atoms with Crippen molar-refractivity contribution in [3.63, 3.8) is 0 Å².